The molecule has 1 saturated carbocycles. The summed E-state index contributed by atoms with van der Waals surface area (Å²) in [7, 11) is 0. The number of nitrogens with one attached hydrogen (secondary N) is 2. The summed E-state index contributed by atoms with van der Waals surface area (Å²) in [6, 6.07) is 8.52. The first-order chi connectivity index (χ1) is 10.8. The summed E-state index contributed by atoms with van der Waals surface area (Å²) in [5.41, 5.74) is 2.43. The Labute approximate surface area is 132 Å². The molecule has 0 unspecified atom stereocenters. The second-order valence-electron chi connectivity index (χ2n) is 6.54. The van der Waals surface area contributed by atoms with Crippen LogP contribution in [-0.2, 0) is 11.2 Å². The predicted octanol–water partition coefficient (Wildman–Crippen LogP) is 4.19. The monoisotopic (exact) mass is 298 g/mol. The topological polar surface area (TPSA) is 44.9 Å². The first-order valence-electron chi connectivity index (χ1n) is 8.64. The molecule has 1 aliphatic rings. The van der Waals surface area contributed by atoms with Crippen LogP contribution in [0.25, 0.3) is 10.9 Å². The number of amides is 1. The molecule has 118 valence electrons. The van der Waals surface area contributed by atoms with Crippen molar-refractivity contribution < 1.29 is 4.79 Å². The first kappa shape index (κ1) is 15.1. The molecule has 2 N–H and O–H groups in total. The van der Waals surface area contributed by atoms with E-state index in [2.05, 4.69) is 34.6 Å². The normalized spacial score (nSPS) is 16.0. The van der Waals surface area contributed by atoms with E-state index < -0.39 is 0 Å². The van der Waals surface area contributed by atoms with Gasteiger partial charge in [-0.3, -0.25) is 4.79 Å². The number of fused-ring (bicyclic) bond motifs is 1. The van der Waals surface area contributed by atoms with Crippen LogP contribution >= 0.6 is 0 Å². The van der Waals surface area contributed by atoms with Gasteiger partial charge in [-0.2, -0.15) is 0 Å². The van der Waals surface area contributed by atoms with Crippen molar-refractivity contribution in [3.63, 3.8) is 0 Å². The van der Waals surface area contributed by atoms with Gasteiger partial charge in [0.15, 0.2) is 0 Å². The van der Waals surface area contributed by atoms with Crippen LogP contribution in [0, 0.1) is 5.92 Å². The van der Waals surface area contributed by atoms with Gasteiger partial charge in [-0.1, -0.05) is 44.2 Å². The zero-order valence-corrected chi connectivity index (χ0v) is 13.2. The minimum Gasteiger partial charge on any atom is -0.361 e. The number of aromatic nitrogens is 1. The average Bonchev–Trinajstić information content (AvgIpc) is 3.02. The van der Waals surface area contributed by atoms with Gasteiger partial charge in [0.25, 0.3) is 0 Å². The number of benzene rings is 1. The van der Waals surface area contributed by atoms with Crippen LogP contribution in [0.5, 0.6) is 0 Å². The zero-order chi connectivity index (χ0) is 15.2. The molecule has 3 heteroatoms. The largest absolute Gasteiger partial charge is 0.361 e. The van der Waals surface area contributed by atoms with E-state index in [1.54, 1.807) is 0 Å². The lowest BCUT2D eigenvalue weighted by atomic mass is 9.86. The Morgan fingerprint density at radius 1 is 1.18 bits per heavy atom. The highest BCUT2D eigenvalue weighted by molar-refractivity contribution is 5.80. The van der Waals surface area contributed by atoms with Gasteiger partial charge < -0.3 is 10.3 Å². The molecular weight excluding hydrogens is 272 g/mol. The van der Waals surface area contributed by atoms with Gasteiger partial charge in [0.05, 0.1) is 0 Å². The second kappa shape index (κ2) is 7.48. The third-order valence-electron chi connectivity index (χ3n) is 4.86. The smallest absolute Gasteiger partial charge is 0.220 e. The van der Waals surface area contributed by atoms with E-state index in [0.29, 0.717) is 6.42 Å². The van der Waals surface area contributed by atoms with E-state index in [-0.39, 0.29) is 5.91 Å². The minimum atomic E-state index is 0.214. The number of carbonyl (C=O) groups is 1. The van der Waals surface area contributed by atoms with Gasteiger partial charge in [-0.15, -0.1) is 0 Å². The van der Waals surface area contributed by atoms with E-state index in [4.69, 9.17) is 0 Å². The fraction of sp³-hybridized carbons (Fsp3) is 0.526. The van der Waals surface area contributed by atoms with Gasteiger partial charge in [0.2, 0.25) is 5.91 Å². The number of hydrogen-bond donors (Lipinski definition) is 2. The molecule has 1 aromatic carbocycles. The van der Waals surface area contributed by atoms with Crippen LogP contribution < -0.4 is 5.32 Å². The molecule has 3 rings (SSSR count). The molecule has 1 fully saturated rings. The molecule has 0 saturated heterocycles. The summed E-state index contributed by atoms with van der Waals surface area (Å²) in [6.07, 6.45) is 11.4. The Bertz CT molecular complexity index is 611. The lowest BCUT2D eigenvalue weighted by Gasteiger charge is -2.20. The van der Waals surface area contributed by atoms with Crippen LogP contribution in [0.3, 0.4) is 0 Å². The number of aromatic amines is 1. The molecule has 0 radical (unpaired) electrons. The fourth-order valence-electron chi connectivity index (χ4n) is 3.50. The number of hydrogen-bond acceptors (Lipinski definition) is 1. The molecule has 0 spiro atoms. The van der Waals surface area contributed by atoms with Crippen LogP contribution in [0.1, 0.15) is 50.5 Å². The summed E-state index contributed by atoms with van der Waals surface area (Å²) in [5.74, 6) is 1.00. The quantitative estimate of drug-likeness (QED) is 0.825. The van der Waals surface area contributed by atoms with Crippen molar-refractivity contribution in [1.29, 1.82) is 0 Å². The summed E-state index contributed by atoms with van der Waals surface area (Å²) >= 11 is 0. The Kier molecular flexibility index (Phi) is 5.15. The van der Waals surface area contributed by atoms with Crippen LogP contribution in [0.15, 0.2) is 30.5 Å². The third-order valence-corrected chi connectivity index (χ3v) is 4.86. The van der Waals surface area contributed by atoms with E-state index >= 15 is 0 Å². The SMILES string of the molecule is O=C(CCC1CCCCC1)NCCc1ccc2cc[nH]c2c1. The molecule has 1 aromatic heterocycles. The van der Waals surface area contributed by atoms with Crippen molar-refractivity contribution in [1.82, 2.24) is 10.3 Å². The number of H-pyrrole nitrogens is 1. The van der Waals surface area contributed by atoms with Crippen LogP contribution in [-0.4, -0.2) is 17.4 Å². The van der Waals surface area contributed by atoms with Crippen molar-refractivity contribution in [3.05, 3.63) is 36.0 Å². The van der Waals surface area contributed by atoms with Crippen molar-refractivity contribution >= 4 is 16.8 Å². The number of rotatable bonds is 6. The van der Waals surface area contributed by atoms with Gasteiger partial charge in [0.1, 0.15) is 0 Å². The predicted molar refractivity (Wildman–Crippen MR) is 90.8 cm³/mol. The van der Waals surface area contributed by atoms with E-state index in [1.165, 1.54) is 48.6 Å². The molecular formula is C19H26N2O. The molecule has 1 aliphatic carbocycles. The fourth-order valence-corrected chi connectivity index (χ4v) is 3.50. The minimum absolute atomic E-state index is 0.214. The maximum atomic E-state index is 11.9. The Morgan fingerprint density at radius 2 is 2.05 bits per heavy atom. The lowest BCUT2D eigenvalue weighted by Crippen LogP contribution is -2.26. The molecule has 0 aliphatic heterocycles. The Balaban J connectivity index is 1.37. The molecule has 22 heavy (non-hydrogen) atoms. The first-order valence-corrected chi connectivity index (χ1v) is 8.64. The van der Waals surface area contributed by atoms with Gasteiger partial charge in [0, 0.05) is 24.7 Å². The summed E-state index contributed by atoms with van der Waals surface area (Å²) in [5, 5.41) is 4.30. The maximum Gasteiger partial charge on any atom is 0.220 e. The van der Waals surface area contributed by atoms with Crippen LogP contribution in [0.4, 0.5) is 0 Å². The summed E-state index contributed by atoms with van der Waals surface area (Å²) in [4.78, 5) is 15.2. The van der Waals surface area contributed by atoms with Gasteiger partial charge in [-0.25, -0.2) is 0 Å². The Morgan fingerprint density at radius 3 is 2.91 bits per heavy atom. The van der Waals surface area contributed by atoms with Crippen molar-refractivity contribution in [2.24, 2.45) is 5.92 Å². The Hall–Kier alpha value is -1.77. The second-order valence-corrected chi connectivity index (χ2v) is 6.54. The van der Waals surface area contributed by atoms with Gasteiger partial charge in [-0.05, 0) is 41.8 Å². The molecule has 1 amide bonds. The standard InChI is InChI=1S/C19H26N2O/c22-19(9-7-15-4-2-1-3-5-15)21-12-10-16-6-8-17-11-13-20-18(17)14-16/h6,8,11,13-15,20H,1-5,7,9-10,12H2,(H,21,22). The van der Waals surface area contributed by atoms with Crippen LogP contribution in [0.2, 0.25) is 0 Å². The zero-order valence-electron chi connectivity index (χ0n) is 13.2. The highest BCUT2D eigenvalue weighted by atomic mass is 16.1. The molecule has 2 aromatic rings. The summed E-state index contributed by atoms with van der Waals surface area (Å²) < 4.78 is 0. The molecule has 3 nitrogen and oxygen atoms in total. The molecule has 0 atom stereocenters. The van der Waals surface area contributed by atoms with Crippen molar-refractivity contribution in [2.45, 2.75) is 51.4 Å². The highest BCUT2D eigenvalue weighted by Gasteiger charge is 2.14. The van der Waals surface area contributed by atoms with Crippen molar-refractivity contribution in [2.75, 3.05) is 6.54 Å². The highest BCUT2D eigenvalue weighted by Crippen LogP contribution is 2.27. The third kappa shape index (κ3) is 4.12. The lowest BCUT2D eigenvalue weighted by molar-refractivity contribution is -0.121. The van der Waals surface area contributed by atoms with E-state index in [1.807, 2.05) is 6.20 Å². The molecule has 1 heterocycles. The van der Waals surface area contributed by atoms with Gasteiger partial charge >= 0.3 is 0 Å². The summed E-state index contributed by atoms with van der Waals surface area (Å²) in [6.45, 7) is 0.732. The number of carbonyl (C=O) groups excluding carboxylic acids is 1. The molecule has 0 bridgehead atoms. The van der Waals surface area contributed by atoms with E-state index in [9.17, 15) is 4.79 Å². The average molecular weight is 298 g/mol. The maximum absolute atomic E-state index is 11.9. The van der Waals surface area contributed by atoms with E-state index in [0.717, 1.165) is 25.3 Å². The van der Waals surface area contributed by atoms with Crippen molar-refractivity contribution in [3.8, 4) is 0 Å².